The molecule has 2 unspecified atom stereocenters. The molecular weight excluding hydrogens is 1350 g/mol. The number of aliphatic hydroxyl groups excluding tert-OH is 1. The Bertz CT molecular complexity index is 2280. The molecule has 0 aromatic heterocycles. The van der Waals surface area contributed by atoms with Crippen molar-refractivity contribution in [2.24, 2.45) is 0 Å². The molecule has 0 spiro atoms. The number of allylic oxidation sites excluding steroid dienone is 20. The molecule has 19 heteroatoms. The smallest absolute Gasteiger partial charge is 0.462 e. The van der Waals surface area contributed by atoms with E-state index in [4.69, 9.17) is 37.0 Å². The van der Waals surface area contributed by atoms with Gasteiger partial charge in [0.25, 0.3) is 0 Å². The second-order valence-electron chi connectivity index (χ2n) is 27.0. The van der Waals surface area contributed by atoms with Gasteiger partial charge in [0.15, 0.2) is 12.2 Å². The second-order valence-corrected chi connectivity index (χ2v) is 29.9. The van der Waals surface area contributed by atoms with Crippen LogP contribution in [0.4, 0.5) is 0 Å². The molecule has 17 nitrogen and oxygen atoms in total. The third-order valence-corrected chi connectivity index (χ3v) is 18.8. The number of unbranched alkanes of at least 4 members (excludes halogenated alkanes) is 30. The van der Waals surface area contributed by atoms with E-state index < -0.39 is 97.5 Å². The highest BCUT2D eigenvalue weighted by Gasteiger charge is 2.30. The van der Waals surface area contributed by atoms with Gasteiger partial charge in [-0.3, -0.25) is 37.3 Å². The average Bonchev–Trinajstić information content (AvgIpc) is 0.937. The van der Waals surface area contributed by atoms with Crippen molar-refractivity contribution in [1.29, 1.82) is 0 Å². The molecule has 0 heterocycles. The predicted molar refractivity (Wildman–Crippen MR) is 427 cm³/mol. The number of phosphoric ester groups is 2. The minimum absolute atomic E-state index is 0.0757. The molecule has 0 aliphatic rings. The summed E-state index contributed by atoms with van der Waals surface area (Å²) in [5, 5.41) is 10.6. The first-order valence-electron chi connectivity index (χ1n) is 40.8. The maximum atomic E-state index is 13.1. The van der Waals surface area contributed by atoms with Crippen molar-refractivity contribution in [3.8, 4) is 0 Å². The predicted octanol–water partition coefficient (Wildman–Crippen LogP) is 23.9. The summed E-state index contributed by atoms with van der Waals surface area (Å²) in [6.45, 7) is 4.69. The van der Waals surface area contributed by atoms with E-state index in [1.165, 1.54) is 89.9 Å². The zero-order chi connectivity index (χ0) is 76.0. The number of hydrogen-bond acceptors (Lipinski definition) is 15. The van der Waals surface area contributed by atoms with Crippen LogP contribution in [-0.4, -0.2) is 96.7 Å². The maximum Gasteiger partial charge on any atom is 0.472 e. The van der Waals surface area contributed by atoms with Gasteiger partial charge in [-0.15, -0.1) is 0 Å². The quantitative estimate of drug-likeness (QED) is 0.0169. The van der Waals surface area contributed by atoms with Crippen LogP contribution in [0.3, 0.4) is 0 Å². The monoisotopic (exact) mass is 1500 g/mol. The lowest BCUT2D eigenvalue weighted by Crippen LogP contribution is -2.30. The minimum atomic E-state index is -5.00. The summed E-state index contributed by atoms with van der Waals surface area (Å²) < 4.78 is 68.5. The van der Waals surface area contributed by atoms with Crippen molar-refractivity contribution in [3.05, 3.63) is 122 Å². The largest absolute Gasteiger partial charge is 0.472 e. The van der Waals surface area contributed by atoms with E-state index in [1.807, 2.05) is 24.3 Å². The van der Waals surface area contributed by atoms with Crippen molar-refractivity contribution in [2.45, 2.75) is 354 Å². The summed E-state index contributed by atoms with van der Waals surface area (Å²) in [6, 6.07) is 0. The summed E-state index contributed by atoms with van der Waals surface area (Å²) in [7, 11) is -9.99. The van der Waals surface area contributed by atoms with Crippen molar-refractivity contribution in [2.75, 3.05) is 39.6 Å². The van der Waals surface area contributed by atoms with Crippen LogP contribution < -0.4 is 0 Å². The van der Waals surface area contributed by atoms with E-state index in [2.05, 4.69) is 125 Å². The number of hydrogen-bond donors (Lipinski definition) is 3. The third-order valence-electron chi connectivity index (χ3n) is 16.9. The summed E-state index contributed by atoms with van der Waals surface area (Å²) in [5.74, 6) is -2.31. The third kappa shape index (κ3) is 75.7. The summed E-state index contributed by atoms with van der Waals surface area (Å²) in [5.41, 5.74) is 0. The number of aliphatic hydroxyl groups is 1. The van der Waals surface area contributed by atoms with Crippen LogP contribution >= 0.6 is 15.6 Å². The lowest BCUT2D eigenvalue weighted by Gasteiger charge is -2.21. The normalized spacial score (nSPS) is 14.5. The van der Waals surface area contributed by atoms with Crippen LogP contribution in [0.15, 0.2) is 122 Å². The van der Waals surface area contributed by atoms with Gasteiger partial charge in [0.2, 0.25) is 0 Å². The van der Waals surface area contributed by atoms with E-state index >= 15 is 0 Å². The molecule has 0 amide bonds. The molecule has 0 aromatic rings. The molecular formula is C85H146O17P2. The molecule has 0 rings (SSSR count). The van der Waals surface area contributed by atoms with Crippen LogP contribution in [0.1, 0.15) is 336 Å². The van der Waals surface area contributed by atoms with Gasteiger partial charge < -0.3 is 33.8 Å². The fourth-order valence-corrected chi connectivity index (χ4v) is 12.2. The first-order chi connectivity index (χ1) is 50.7. The lowest BCUT2D eigenvalue weighted by atomic mass is 10.1. The molecule has 0 aromatic carbocycles. The van der Waals surface area contributed by atoms with Gasteiger partial charge in [-0.25, -0.2) is 9.13 Å². The highest BCUT2D eigenvalue weighted by Crippen LogP contribution is 2.45. The molecule has 0 aliphatic carbocycles. The minimum Gasteiger partial charge on any atom is -0.462 e. The van der Waals surface area contributed by atoms with Gasteiger partial charge in [-0.05, 0) is 154 Å². The summed E-state index contributed by atoms with van der Waals surface area (Å²) >= 11 is 0. The van der Waals surface area contributed by atoms with E-state index in [0.29, 0.717) is 38.5 Å². The Balaban J connectivity index is 5.46. The number of rotatable bonds is 76. The Morgan fingerprint density at radius 2 is 0.481 bits per heavy atom. The molecule has 104 heavy (non-hydrogen) atoms. The summed E-state index contributed by atoms with van der Waals surface area (Å²) in [6.07, 6.45) is 84.7. The molecule has 0 radical (unpaired) electrons. The van der Waals surface area contributed by atoms with Gasteiger partial charge in [0.1, 0.15) is 19.3 Å². The lowest BCUT2D eigenvalue weighted by molar-refractivity contribution is -0.161. The molecule has 4 atom stereocenters. The average molecular weight is 1500 g/mol. The van der Waals surface area contributed by atoms with Crippen LogP contribution in [0.2, 0.25) is 0 Å². The molecule has 0 saturated heterocycles. The van der Waals surface area contributed by atoms with Crippen molar-refractivity contribution < 1.29 is 80.2 Å². The van der Waals surface area contributed by atoms with Crippen LogP contribution in [0.25, 0.3) is 0 Å². The molecule has 0 saturated carbocycles. The van der Waals surface area contributed by atoms with Gasteiger partial charge in [-0.1, -0.05) is 278 Å². The second kappa shape index (κ2) is 76.6. The maximum absolute atomic E-state index is 13.1. The number of ether oxygens (including phenoxy) is 4. The van der Waals surface area contributed by atoms with E-state index in [0.717, 1.165) is 154 Å². The Morgan fingerprint density at radius 3 is 0.779 bits per heavy atom. The van der Waals surface area contributed by atoms with Gasteiger partial charge in [-0.2, -0.15) is 0 Å². The topological polar surface area (TPSA) is 237 Å². The van der Waals surface area contributed by atoms with Crippen molar-refractivity contribution in [3.63, 3.8) is 0 Å². The van der Waals surface area contributed by atoms with E-state index in [-0.39, 0.29) is 25.7 Å². The Kier molecular flexibility index (Phi) is 73.3. The molecule has 3 N–H and O–H groups in total. The van der Waals surface area contributed by atoms with Gasteiger partial charge >= 0.3 is 39.5 Å². The SMILES string of the molecule is CCCCC/C=C\C/C=C\C/C=C\C/C=C\CCCC(=O)OC[C@H](COP(=O)(O)OCC(O)COP(=O)(O)OC[C@@H](COC(=O)CCC/C=C\C/C=C\C/C=C\C/C=C\CCCCC)OC(=O)CCCCCCCCC/C=C\CCCCCC)OC(=O)CCCCCCCCC/C=C\CCCCCC. The Morgan fingerprint density at radius 1 is 0.269 bits per heavy atom. The van der Waals surface area contributed by atoms with Gasteiger partial charge in [0.05, 0.1) is 26.4 Å². The zero-order valence-electron chi connectivity index (χ0n) is 65.4. The van der Waals surface area contributed by atoms with Crippen LogP contribution in [0.5, 0.6) is 0 Å². The highest BCUT2D eigenvalue weighted by molar-refractivity contribution is 7.47. The number of carbonyl (C=O) groups excluding carboxylic acids is 4. The molecule has 0 fully saturated rings. The van der Waals surface area contributed by atoms with Crippen LogP contribution in [0, 0.1) is 0 Å². The molecule has 0 aliphatic heterocycles. The fraction of sp³-hybridized carbons (Fsp3) is 0.718. The van der Waals surface area contributed by atoms with E-state index in [1.54, 1.807) is 0 Å². The number of phosphoric acid groups is 2. The van der Waals surface area contributed by atoms with Crippen LogP contribution in [-0.2, 0) is 65.4 Å². The first-order valence-corrected chi connectivity index (χ1v) is 43.8. The van der Waals surface area contributed by atoms with Gasteiger partial charge in [0, 0.05) is 25.7 Å². The van der Waals surface area contributed by atoms with Crippen molar-refractivity contribution >= 4 is 39.5 Å². The standard InChI is InChI=1S/C85H146O17P2/c1-5-9-13-17-21-25-29-33-37-39-43-45-49-53-57-61-65-69-82(87)95-75-80(101-84(89)71-67-63-59-55-51-47-41-35-31-27-23-19-15-11-7-3)77-99-103(91,92)97-73-79(86)74-98-104(93,94)100-78-81(102-85(90)72-68-64-60-56-52-48-42-36-32-28-24-20-16-12-8-4)76-96-83(88)70-66-62-58-54-50-46-44-40-38-34-30-26-22-18-14-10-6-2/h21-22,25-28,31-34,37-38,43-46,53-54,57-58,79-81,86H,5-20,23-24,29-30,35-36,39-42,47-52,55-56,59-78H2,1-4H3,(H,91,92)(H,93,94)/b25-21-,26-22-,31-27-,32-28-,37-33-,38-34-,45-43-,46-44-,57-53-,58-54-/t80-,81-/m1/s1. The number of esters is 4. The Labute approximate surface area is 632 Å². The molecule has 598 valence electrons. The Hall–Kier alpha value is -4.54. The summed E-state index contributed by atoms with van der Waals surface area (Å²) in [4.78, 5) is 73.0. The molecule has 0 bridgehead atoms. The number of carbonyl (C=O) groups is 4. The zero-order valence-corrected chi connectivity index (χ0v) is 67.2. The van der Waals surface area contributed by atoms with E-state index in [9.17, 15) is 43.2 Å². The first kappa shape index (κ1) is 99.5. The van der Waals surface area contributed by atoms with Crippen molar-refractivity contribution in [1.82, 2.24) is 0 Å². The highest BCUT2D eigenvalue weighted by atomic mass is 31.2. The fourth-order valence-electron chi connectivity index (χ4n) is 10.6.